The fourth-order valence-electron chi connectivity index (χ4n) is 2.98. The average Bonchev–Trinajstić information content (AvgIpc) is 2.63. The molecule has 1 N–H and O–H groups in total. The maximum absolute atomic E-state index is 12.4. The fraction of sp³-hybridized carbons (Fsp3) is 0.350. The summed E-state index contributed by atoms with van der Waals surface area (Å²) >= 11 is 0. The van der Waals surface area contributed by atoms with Gasteiger partial charge in [-0.3, -0.25) is 4.79 Å². The zero-order valence-corrected chi connectivity index (χ0v) is 14.3. The first-order chi connectivity index (χ1) is 11.6. The number of ether oxygens (including phenoxy) is 2. The quantitative estimate of drug-likeness (QED) is 0.791. The summed E-state index contributed by atoms with van der Waals surface area (Å²) in [5, 5.41) is 11.6. The first-order valence-corrected chi connectivity index (χ1v) is 8.08. The lowest BCUT2D eigenvalue weighted by Crippen LogP contribution is -2.45. The Morgan fingerprint density at radius 3 is 2.12 bits per heavy atom. The topological polar surface area (TPSA) is 55.8 Å². The van der Waals surface area contributed by atoms with E-state index in [0.29, 0.717) is 5.56 Å². The summed E-state index contributed by atoms with van der Waals surface area (Å²) in [6.07, 6.45) is -0.708. The van der Waals surface area contributed by atoms with E-state index in [-0.39, 0.29) is 6.61 Å². The van der Waals surface area contributed by atoms with Gasteiger partial charge in [-0.15, -0.1) is 0 Å². The first kappa shape index (κ1) is 18.2. The van der Waals surface area contributed by atoms with Crippen molar-refractivity contribution in [1.82, 2.24) is 0 Å². The van der Waals surface area contributed by atoms with Gasteiger partial charge in [0.05, 0.1) is 12.5 Å². The molecule has 4 heteroatoms. The lowest BCUT2D eigenvalue weighted by atomic mass is 9.75. The van der Waals surface area contributed by atoms with Crippen LogP contribution in [0.2, 0.25) is 0 Å². The van der Waals surface area contributed by atoms with E-state index in [0.717, 1.165) is 5.56 Å². The van der Waals surface area contributed by atoms with Crippen LogP contribution in [0, 0.1) is 5.92 Å². The van der Waals surface area contributed by atoms with Gasteiger partial charge in [-0.05, 0) is 25.0 Å². The molecule has 0 aliphatic rings. The third-order valence-electron chi connectivity index (χ3n) is 4.27. The van der Waals surface area contributed by atoms with Crippen molar-refractivity contribution in [2.24, 2.45) is 5.92 Å². The molecule has 128 valence electrons. The molecule has 0 spiro atoms. The first-order valence-electron chi connectivity index (χ1n) is 8.08. The van der Waals surface area contributed by atoms with Gasteiger partial charge in [0.15, 0.2) is 0 Å². The van der Waals surface area contributed by atoms with Gasteiger partial charge in [0, 0.05) is 7.11 Å². The van der Waals surface area contributed by atoms with Crippen molar-refractivity contribution in [3.63, 3.8) is 0 Å². The molecular weight excluding hydrogens is 304 g/mol. The molecule has 0 aliphatic heterocycles. The predicted molar refractivity (Wildman–Crippen MR) is 92.3 cm³/mol. The zero-order valence-electron chi connectivity index (χ0n) is 14.3. The lowest BCUT2D eigenvalue weighted by molar-refractivity contribution is -0.175. The molecule has 0 bridgehead atoms. The van der Waals surface area contributed by atoms with Gasteiger partial charge in [0.1, 0.15) is 11.7 Å². The summed E-state index contributed by atoms with van der Waals surface area (Å²) < 4.78 is 10.8. The normalized spacial score (nSPS) is 16.0. The number of aliphatic hydroxyl groups is 1. The van der Waals surface area contributed by atoms with Crippen LogP contribution in [0.15, 0.2) is 60.7 Å². The molecule has 0 radical (unpaired) electrons. The molecule has 4 nitrogen and oxygen atoms in total. The summed E-state index contributed by atoms with van der Waals surface area (Å²) in [6.45, 7) is 3.67. The van der Waals surface area contributed by atoms with Crippen LogP contribution in [0.5, 0.6) is 0 Å². The Morgan fingerprint density at radius 1 is 1.08 bits per heavy atom. The molecule has 2 rings (SSSR count). The van der Waals surface area contributed by atoms with Gasteiger partial charge >= 0.3 is 5.97 Å². The maximum Gasteiger partial charge on any atom is 0.312 e. The van der Waals surface area contributed by atoms with Crippen molar-refractivity contribution in [3.05, 3.63) is 71.8 Å². The third-order valence-corrected chi connectivity index (χ3v) is 4.27. The second-order valence-electron chi connectivity index (χ2n) is 5.69. The van der Waals surface area contributed by atoms with Crippen LogP contribution < -0.4 is 0 Å². The van der Waals surface area contributed by atoms with Gasteiger partial charge in [0.25, 0.3) is 0 Å². The molecule has 0 unspecified atom stereocenters. The zero-order chi connectivity index (χ0) is 17.6. The van der Waals surface area contributed by atoms with Crippen LogP contribution in [-0.4, -0.2) is 24.8 Å². The maximum atomic E-state index is 12.4. The summed E-state index contributed by atoms with van der Waals surface area (Å²) in [5.74, 6) is -1.26. The standard InChI is InChI=1S/C20H24O4/c1-4-24-19(21)15(2)20(22,17-13-9-6-10-14-17)18(23-3)16-11-7-5-8-12-16/h5-15,18,22H,4H2,1-3H3/t15-,18-,20+/m0/s1. The molecule has 0 saturated carbocycles. The SMILES string of the molecule is CCOC(=O)[C@H](C)[C@@](O)(c1ccccc1)[C@@H](OC)c1ccccc1. The molecule has 24 heavy (non-hydrogen) atoms. The van der Waals surface area contributed by atoms with Gasteiger partial charge in [-0.2, -0.15) is 0 Å². The molecular formula is C20H24O4. The van der Waals surface area contributed by atoms with Crippen LogP contribution in [0.4, 0.5) is 0 Å². The molecule has 0 saturated heterocycles. The Kier molecular flexibility index (Phi) is 6.12. The molecule has 0 heterocycles. The van der Waals surface area contributed by atoms with Gasteiger partial charge in [-0.1, -0.05) is 60.7 Å². The van der Waals surface area contributed by atoms with Crippen LogP contribution in [0.3, 0.4) is 0 Å². The van der Waals surface area contributed by atoms with Crippen molar-refractivity contribution in [1.29, 1.82) is 0 Å². The number of methoxy groups -OCH3 is 1. The van der Waals surface area contributed by atoms with E-state index in [4.69, 9.17) is 9.47 Å². The summed E-state index contributed by atoms with van der Waals surface area (Å²) in [5.41, 5.74) is -0.146. The minimum Gasteiger partial charge on any atom is -0.466 e. The monoisotopic (exact) mass is 328 g/mol. The van der Waals surface area contributed by atoms with Crippen LogP contribution in [-0.2, 0) is 19.9 Å². The van der Waals surface area contributed by atoms with E-state index in [9.17, 15) is 9.90 Å². The minimum absolute atomic E-state index is 0.261. The Labute approximate surface area is 143 Å². The van der Waals surface area contributed by atoms with Crippen LogP contribution in [0.25, 0.3) is 0 Å². The molecule has 0 aliphatic carbocycles. The number of hydrogen-bond donors (Lipinski definition) is 1. The summed E-state index contributed by atoms with van der Waals surface area (Å²) in [6, 6.07) is 18.5. The van der Waals surface area contributed by atoms with E-state index < -0.39 is 23.6 Å². The number of esters is 1. The molecule has 0 aromatic heterocycles. The highest BCUT2D eigenvalue weighted by atomic mass is 16.5. The summed E-state index contributed by atoms with van der Waals surface area (Å²) in [4.78, 5) is 12.4. The van der Waals surface area contributed by atoms with Crippen molar-refractivity contribution < 1.29 is 19.4 Å². The number of rotatable bonds is 7. The molecule has 2 aromatic carbocycles. The van der Waals surface area contributed by atoms with Crippen LogP contribution >= 0.6 is 0 Å². The van der Waals surface area contributed by atoms with Crippen molar-refractivity contribution in [2.45, 2.75) is 25.6 Å². The van der Waals surface area contributed by atoms with Gasteiger partial charge in [-0.25, -0.2) is 0 Å². The molecule has 0 fully saturated rings. The summed E-state index contributed by atoms with van der Waals surface area (Å²) in [7, 11) is 1.53. The van der Waals surface area contributed by atoms with Gasteiger partial charge < -0.3 is 14.6 Å². The number of benzene rings is 2. The van der Waals surface area contributed by atoms with E-state index in [1.165, 1.54) is 7.11 Å². The highest BCUT2D eigenvalue weighted by Gasteiger charge is 2.48. The third kappa shape index (κ3) is 3.50. The number of hydrogen-bond acceptors (Lipinski definition) is 4. The molecule has 0 amide bonds. The number of carbonyl (C=O) groups excluding carboxylic acids is 1. The average molecular weight is 328 g/mol. The number of carbonyl (C=O) groups is 1. The minimum atomic E-state index is -1.55. The lowest BCUT2D eigenvalue weighted by Gasteiger charge is -2.39. The Bertz CT molecular complexity index is 641. The van der Waals surface area contributed by atoms with Gasteiger partial charge in [0.2, 0.25) is 0 Å². The Balaban J connectivity index is 2.55. The Morgan fingerprint density at radius 2 is 1.62 bits per heavy atom. The van der Waals surface area contributed by atoms with Crippen molar-refractivity contribution >= 4 is 5.97 Å². The van der Waals surface area contributed by atoms with E-state index in [2.05, 4.69) is 0 Å². The molecule has 3 atom stereocenters. The van der Waals surface area contributed by atoms with E-state index >= 15 is 0 Å². The van der Waals surface area contributed by atoms with E-state index in [1.54, 1.807) is 26.0 Å². The second-order valence-corrected chi connectivity index (χ2v) is 5.69. The van der Waals surface area contributed by atoms with Crippen molar-refractivity contribution in [2.75, 3.05) is 13.7 Å². The van der Waals surface area contributed by atoms with Crippen molar-refractivity contribution in [3.8, 4) is 0 Å². The highest BCUT2D eigenvalue weighted by molar-refractivity contribution is 5.74. The second kappa shape index (κ2) is 8.08. The predicted octanol–water partition coefficient (Wildman–Crippen LogP) is 3.46. The smallest absolute Gasteiger partial charge is 0.312 e. The molecule has 2 aromatic rings. The largest absolute Gasteiger partial charge is 0.466 e. The Hall–Kier alpha value is -2.17. The highest BCUT2D eigenvalue weighted by Crippen LogP contribution is 2.43. The fourth-order valence-corrected chi connectivity index (χ4v) is 2.98. The van der Waals surface area contributed by atoms with Crippen LogP contribution in [0.1, 0.15) is 31.1 Å². The van der Waals surface area contributed by atoms with E-state index in [1.807, 2.05) is 48.5 Å².